The number of hydrogen-bond donors (Lipinski definition) is 2. The molecule has 0 aliphatic heterocycles. The molecule has 0 fully saturated rings. The summed E-state index contributed by atoms with van der Waals surface area (Å²) in [6, 6.07) is 5.82. The average molecular weight is 237 g/mol. The molecule has 0 aliphatic rings. The fourth-order valence-corrected chi connectivity index (χ4v) is 1.84. The van der Waals surface area contributed by atoms with Gasteiger partial charge in [-0.25, -0.2) is 0 Å². The van der Waals surface area contributed by atoms with E-state index in [1.165, 1.54) is 0 Å². The van der Waals surface area contributed by atoms with Crippen LogP contribution in [0.1, 0.15) is 44.4 Å². The van der Waals surface area contributed by atoms with Gasteiger partial charge in [-0.1, -0.05) is 26.8 Å². The van der Waals surface area contributed by atoms with Gasteiger partial charge in [0, 0.05) is 0 Å². The zero-order valence-corrected chi connectivity index (χ0v) is 11.2. The maximum atomic E-state index is 9.95. The molecule has 0 saturated heterocycles. The number of rotatable bonds is 4. The second-order valence-corrected chi connectivity index (χ2v) is 5.30. The molecule has 0 saturated carbocycles. The molecule has 3 nitrogen and oxygen atoms in total. The molecule has 0 spiro atoms. The van der Waals surface area contributed by atoms with Crippen molar-refractivity contribution in [3.63, 3.8) is 0 Å². The van der Waals surface area contributed by atoms with Gasteiger partial charge in [-0.15, -0.1) is 0 Å². The van der Waals surface area contributed by atoms with Crippen LogP contribution in [0.2, 0.25) is 0 Å². The van der Waals surface area contributed by atoms with Gasteiger partial charge in [0.15, 0.2) is 0 Å². The lowest BCUT2D eigenvalue weighted by Gasteiger charge is -2.23. The third kappa shape index (κ3) is 3.45. The molecular formula is C14H23NO2. The molecule has 1 atom stereocenters. The van der Waals surface area contributed by atoms with Crippen molar-refractivity contribution in [3.05, 3.63) is 29.3 Å². The first-order valence-corrected chi connectivity index (χ1v) is 5.96. The molecule has 0 aliphatic carbocycles. The summed E-state index contributed by atoms with van der Waals surface area (Å²) in [7, 11) is 1.67. The Balaban J connectivity index is 3.13. The fourth-order valence-electron chi connectivity index (χ4n) is 1.84. The Bertz CT molecular complexity index is 369. The van der Waals surface area contributed by atoms with Crippen molar-refractivity contribution in [1.82, 2.24) is 0 Å². The van der Waals surface area contributed by atoms with E-state index in [1.807, 2.05) is 18.2 Å². The highest BCUT2D eigenvalue weighted by atomic mass is 16.5. The van der Waals surface area contributed by atoms with Gasteiger partial charge in [0.1, 0.15) is 5.75 Å². The minimum Gasteiger partial charge on any atom is -0.496 e. The number of hydrogen-bond acceptors (Lipinski definition) is 3. The topological polar surface area (TPSA) is 55.5 Å². The number of benzene rings is 1. The first kappa shape index (κ1) is 14.0. The molecule has 3 N–H and O–H groups in total. The van der Waals surface area contributed by atoms with Crippen molar-refractivity contribution in [3.8, 4) is 5.75 Å². The largest absolute Gasteiger partial charge is 0.496 e. The zero-order chi connectivity index (χ0) is 13.1. The van der Waals surface area contributed by atoms with Crippen LogP contribution in [-0.4, -0.2) is 18.8 Å². The summed E-state index contributed by atoms with van der Waals surface area (Å²) in [4.78, 5) is 0. The van der Waals surface area contributed by atoms with Crippen LogP contribution in [0.25, 0.3) is 0 Å². The van der Waals surface area contributed by atoms with Crippen LogP contribution < -0.4 is 10.5 Å². The Labute approximate surface area is 104 Å². The van der Waals surface area contributed by atoms with E-state index >= 15 is 0 Å². The molecule has 1 aromatic rings. The van der Waals surface area contributed by atoms with E-state index < -0.39 is 6.10 Å². The van der Waals surface area contributed by atoms with Gasteiger partial charge in [0.2, 0.25) is 0 Å². The summed E-state index contributed by atoms with van der Waals surface area (Å²) < 4.78 is 5.36. The van der Waals surface area contributed by atoms with Crippen molar-refractivity contribution in [1.29, 1.82) is 0 Å². The molecule has 96 valence electrons. The van der Waals surface area contributed by atoms with Crippen molar-refractivity contribution < 1.29 is 9.84 Å². The highest BCUT2D eigenvalue weighted by Crippen LogP contribution is 2.33. The molecule has 0 radical (unpaired) electrons. The van der Waals surface area contributed by atoms with Gasteiger partial charge in [0.25, 0.3) is 0 Å². The highest BCUT2D eigenvalue weighted by molar-refractivity contribution is 5.42. The van der Waals surface area contributed by atoms with Crippen LogP contribution in [-0.2, 0) is 5.41 Å². The molecule has 0 amide bonds. The molecule has 0 bridgehead atoms. The number of methoxy groups -OCH3 is 1. The molecule has 1 unspecified atom stereocenters. The lowest BCUT2D eigenvalue weighted by atomic mass is 9.84. The van der Waals surface area contributed by atoms with Gasteiger partial charge in [0.05, 0.1) is 13.2 Å². The van der Waals surface area contributed by atoms with Gasteiger partial charge in [-0.05, 0) is 41.6 Å². The van der Waals surface area contributed by atoms with Crippen LogP contribution >= 0.6 is 0 Å². The first-order valence-electron chi connectivity index (χ1n) is 5.96. The normalized spacial score (nSPS) is 13.5. The van der Waals surface area contributed by atoms with Crippen molar-refractivity contribution in [2.75, 3.05) is 13.7 Å². The summed E-state index contributed by atoms with van der Waals surface area (Å²) in [5, 5.41) is 9.95. The van der Waals surface area contributed by atoms with Crippen LogP contribution in [0.5, 0.6) is 5.75 Å². The quantitative estimate of drug-likeness (QED) is 0.845. The predicted octanol–water partition coefficient (Wildman–Crippen LogP) is 2.37. The van der Waals surface area contributed by atoms with Gasteiger partial charge >= 0.3 is 0 Å². The van der Waals surface area contributed by atoms with E-state index in [9.17, 15) is 5.11 Å². The van der Waals surface area contributed by atoms with Crippen LogP contribution in [0.15, 0.2) is 18.2 Å². The Morgan fingerprint density at radius 2 is 2.00 bits per heavy atom. The van der Waals surface area contributed by atoms with Crippen molar-refractivity contribution >= 4 is 0 Å². The standard InChI is InChI=1S/C14H23NO2/c1-14(2,3)11-9-10(12(16)7-8-15)5-6-13(11)17-4/h5-6,9,12,16H,7-8,15H2,1-4H3. The summed E-state index contributed by atoms with van der Waals surface area (Å²) in [5.41, 5.74) is 7.46. The van der Waals surface area contributed by atoms with Gasteiger partial charge < -0.3 is 15.6 Å². The maximum absolute atomic E-state index is 9.95. The first-order chi connectivity index (χ1) is 7.90. The summed E-state index contributed by atoms with van der Waals surface area (Å²) in [6.07, 6.45) is 0.0858. The van der Waals surface area contributed by atoms with Gasteiger partial charge in [-0.2, -0.15) is 0 Å². The Hall–Kier alpha value is -1.06. The zero-order valence-electron chi connectivity index (χ0n) is 11.2. The third-order valence-electron chi connectivity index (χ3n) is 2.86. The minimum atomic E-state index is -0.494. The second-order valence-electron chi connectivity index (χ2n) is 5.30. The van der Waals surface area contributed by atoms with Crippen LogP contribution in [0.4, 0.5) is 0 Å². The molecule has 17 heavy (non-hydrogen) atoms. The molecule has 1 aromatic carbocycles. The molecule has 3 heteroatoms. The van der Waals surface area contributed by atoms with E-state index in [0.717, 1.165) is 16.9 Å². The van der Waals surface area contributed by atoms with Crippen molar-refractivity contribution in [2.45, 2.75) is 38.7 Å². The highest BCUT2D eigenvalue weighted by Gasteiger charge is 2.20. The maximum Gasteiger partial charge on any atom is 0.122 e. The van der Waals surface area contributed by atoms with E-state index in [4.69, 9.17) is 10.5 Å². The Kier molecular flexibility index (Phi) is 4.54. The minimum absolute atomic E-state index is 0.0101. The Morgan fingerprint density at radius 1 is 1.35 bits per heavy atom. The number of nitrogens with two attached hydrogens (primary N) is 1. The number of ether oxygens (including phenoxy) is 1. The average Bonchev–Trinajstić information content (AvgIpc) is 2.27. The lowest BCUT2D eigenvalue weighted by Crippen LogP contribution is -2.14. The SMILES string of the molecule is COc1ccc(C(O)CCN)cc1C(C)(C)C. The summed E-state index contributed by atoms with van der Waals surface area (Å²) in [6.45, 7) is 6.87. The molecule has 0 heterocycles. The molecular weight excluding hydrogens is 214 g/mol. The van der Waals surface area contributed by atoms with Crippen LogP contribution in [0, 0.1) is 0 Å². The summed E-state index contributed by atoms with van der Waals surface area (Å²) >= 11 is 0. The van der Waals surface area contributed by atoms with E-state index in [-0.39, 0.29) is 5.41 Å². The van der Waals surface area contributed by atoms with E-state index in [2.05, 4.69) is 20.8 Å². The smallest absolute Gasteiger partial charge is 0.122 e. The van der Waals surface area contributed by atoms with Gasteiger partial charge in [-0.3, -0.25) is 0 Å². The number of aliphatic hydroxyl groups excluding tert-OH is 1. The summed E-state index contributed by atoms with van der Waals surface area (Å²) in [5.74, 6) is 0.862. The third-order valence-corrected chi connectivity index (χ3v) is 2.86. The number of aliphatic hydroxyl groups is 1. The lowest BCUT2D eigenvalue weighted by molar-refractivity contribution is 0.170. The predicted molar refractivity (Wildman–Crippen MR) is 70.3 cm³/mol. The van der Waals surface area contributed by atoms with Crippen molar-refractivity contribution in [2.24, 2.45) is 5.73 Å². The molecule has 1 rings (SSSR count). The monoisotopic (exact) mass is 237 g/mol. The molecule has 0 aromatic heterocycles. The fraction of sp³-hybridized carbons (Fsp3) is 0.571. The van der Waals surface area contributed by atoms with E-state index in [1.54, 1.807) is 7.11 Å². The van der Waals surface area contributed by atoms with E-state index in [0.29, 0.717) is 13.0 Å². The van der Waals surface area contributed by atoms with Crippen LogP contribution in [0.3, 0.4) is 0 Å². The second kappa shape index (κ2) is 5.52. The Morgan fingerprint density at radius 3 is 2.47 bits per heavy atom.